The summed E-state index contributed by atoms with van der Waals surface area (Å²) < 4.78 is 4.70. The fourth-order valence-corrected chi connectivity index (χ4v) is 4.78. The third kappa shape index (κ3) is 6.13. The molecule has 2 N–H and O–H groups in total. The molecule has 4 aromatic rings. The minimum atomic E-state index is -0.292. The summed E-state index contributed by atoms with van der Waals surface area (Å²) in [4.78, 5) is 30.9. The van der Waals surface area contributed by atoms with Crippen LogP contribution in [-0.4, -0.2) is 48.0 Å². The van der Waals surface area contributed by atoms with Gasteiger partial charge in [0, 0.05) is 65.8 Å². The first-order chi connectivity index (χ1) is 18.1. The molecule has 1 aromatic heterocycles. The van der Waals surface area contributed by atoms with Crippen LogP contribution in [0.15, 0.2) is 85.2 Å². The van der Waals surface area contributed by atoms with Crippen molar-refractivity contribution in [3.63, 3.8) is 0 Å². The summed E-state index contributed by atoms with van der Waals surface area (Å²) in [6.45, 7) is 2.73. The number of nitrogens with zero attached hydrogens (tertiary/aromatic N) is 2. The molecule has 7 heteroatoms. The van der Waals surface area contributed by atoms with Crippen molar-refractivity contribution in [2.24, 2.45) is 0 Å². The van der Waals surface area contributed by atoms with Crippen molar-refractivity contribution in [3.05, 3.63) is 102 Å². The lowest BCUT2D eigenvalue weighted by molar-refractivity contribution is -0.139. The molecule has 5 rings (SSSR count). The van der Waals surface area contributed by atoms with E-state index in [1.54, 1.807) is 12.1 Å². The number of pyridine rings is 1. The Balaban J connectivity index is 1.17. The monoisotopic (exact) mass is 494 g/mol. The number of ether oxygens (including phenoxy) is 1. The molecule has 1 aliphatic heterocycles. The maximum absolute atomic E-state index is 12.9. The molecule has 2 heterocycles. The number of carbonyl (C=O) groups excluding carboxylic acids is 2. The number of aromatic nitrogens is 1. The summed E-state index contributed by atoms with van der Waals surface area (Å²) in [7, 11) is 1.37. The second-order valence-electron chi connectivity index (χ2n) is 9.37. The van der Waals surface area contributed by atoms with E-state index in [2.05, 4.69) is 50.8 Å². The van der Waals surface area contributed by atoms with Gasteiger partial charge in [-0.2, -0.15) is 0 Å². The van der Waals surface area contributed by atoms with Gasteiger partial charge in [-0.05, 0) is 53.9 Å². The van der Waals surface area contributed by atoms with E-state index < -0.39 is 0 Å². The number of anilines is 2. The van der Waals surface area contributed by atoms with Crippen LogP contribution in [0.4, 0.5) is 11.4 Å². The van der Waals surface area contributed by atoms with Crippen LogP contribution in [0, 0.1) is 0 Å². The minimum absolute atomic E-state index is 0.158. The summed E-state index contributed by atoms with van der Waals surface area (Å²) in [6.07, 6.45) is 5.00. The summed E-state index contributed by atoms with van der Waals surface area (Å²) in [5.41, 5.74) is 4.39. The van der Waals surface area contributed by atoms with Crippen LogP contribution in [0.25, 0.3) is 10.8 Å². The van der Waals surface area contributed by atoms with E-state index >= 15 is 0 Å². The average molecular weight is 495 g/mol. The van der Waals surface area contributed by atoms with Gasteiger partial charge in [0.15, 0.2) is 0 Å². The molecule has 1 atom stereocenters. The zero-order valence-electron chi connectivity index (χ0n) is 20.8. The predicted octanol–water partition coefficient (Wildman–Crippen LogP) is 4.89. The summed E-state index contributed by atoms with van der Waals surface area (Å²) in [5.74, 6) is -0.450. The highest BCUT2D eigenvalue weighted by molar-refractivity contribution is 6.04. The fourth-order valence-electron chi connectivity index (χ4n) is 4.78. The van der Waals surface area contributed by atoms with Crippen molar-refractivity contribution in [2.75, 3.05) is 30.8 Å². The third-order valence-corrected chi connectivity index (χ3v) is 6.70. The number of benzene rings is 3. The van der Waals surface area contributed by atoms with E-state index in [-0.39, 0.29) is 18.3 Å². The molecule has 0 bridgehead atoms. The van der Waals surface area contributed by atoms with Gasteiger partial charge in [0.25, 0.3) is 5.91 Å². The normalized spacial score (nSPS) is 15.4. The number of hydrogen-bond donors (Lipinski definition) is 2. The van der Waals surface area contributed by atoms with Crippen molar-refractivity contribution in [1.82, 2.24) is 9.88 Å². The van der Waals surface area contributed by atoms with Crippen LogP contribution in [0.5, 0.6) is 0 Å². The van der Waals surface area contributed by atoms with Gasteiger partial charge in [-0.1, -0.05) is 36.4 Å². The molecule has 0 saturated carbocycles. The highest BCUT2D eigenvalue weighted by Crippen LogP contribution is 2.25. The number of nitrogens with one attached hydrogen (secondary N) is 2. The first kappa shape index (κ1) is 24.5. The van der Waals surface area contributed by atoms with Crippen LogP contribution in [0.3, 0.4) is 0 Å². The Labute approximate surface area is 216 Å². The first-order valence-electron chi connectivity index (χ1n) is 12.4. The number of methoxy groups -OCH3 is 1. The number of fused-ring (bicyclic) bond motifs is 1. The summed E-state index contributed by atoms with van der Waals surface area (Å²) in [5, 5.41) is 8.98. The minimum Gasteiger partial charge on any atom is -0.469 e. The molecule has 0 spiro atoms. The van der Waals surface area contributed by atoms with Gasteiger partial charge in [-0.15, -0.1) is 0 Å². The van der Waals surface area contributed by atoms with Crippen LogP contribution >= 0.6 is 0 Å². The quantitative estimate of drug-likeness (QED) is 0.340. The highest BCUT2D eigenvalue weighted by atomic mass is 16.5. The molecule has 1 aliphatic rings. The first-order valence-corrected chi connectivity index (χ1v) is 12.4. The Morgan fingerprint density at radius 1 is 1.03 bits per heavy atom. The number of carbonyl (C=O) groups is 2. The molecule has 1 unspecified atom stereocenters. The highest BCUT2D eigenvalue weighted by Gasteiger charge is 2.23. The standard InChI is InChI=1S/C30H30N4O3/c1-37-29(35)17-21-8-10-25(11-9-21)33-30(36)23-5-2-4-22(16-23)19-34-15-13-26(20-34)32-28-7-3-6-24-18-31-14-12-27(24)28/h2-12,14,16,18,26,32H,13,15,17,19-20H2,1H3,(H,33,36). The van der Waals surface area contributed by atoms with E-state index in [0.29, 0.717) is 17.3 Å². The molecular weight excluding hydrogens is 464 g/mol. The maximum atomic E-state index is 12.9. The zero-order valence-corrected chi connectivity index (χ0v) is 20.8. The number of esters is 1. The number of amides is 1. The van der Waals surface area contributed by atoms with E-state index in [9.17, 15) is 9.59 Å². The van der Waals surface area contributed by atoms with Crippen molar-refractivity contribution in [1.29, 1.82) is 0 Å². The van der Waals surface area contributed by atoms with Gasteiger partial charge in [0.1, 0.15) is 0 Å². The van der Waals surface area contributed by atoms with Crippen molar-refractivity contribution in [3.8, 4) is 0 Å². The zero-order chi connectivity index (χ0) is 25.6. The van der Waals surface area contributed by atoms with Crippen molar-refractivity contribution < 1.29 is 14.3 Å². The van der Waals surface area contributed by atoms with E-state index in [0.717, 1.165) is 48.3 Å². The average Bonchev–Trinajstić information content (AvgIpc) is 3.36. The van der Waals surface area contributed by atoms with Gasteiger partial charge < -0.3 is 15.4 Å². The molecule has 188 valence electrons. The van der Waals surface area contributed by atoms with Crippen molar-refractivity contribution >= 4 is 34.0 Å². The smallest absolute Gasteiger partial charge is 0.309 e. The summed E-state index contributed by atoms with van der Waals surface area (Å²) >= 11 is 0. The van der Waals surface area contributed by atoms with Crippen LogP contribution < -0.4 is 10.6 Å². The van der Waals surface area contributed by atoms with Crippen LogP contribution in [-0.2, 0) is 22.5 Å². The lowest BCUT2D eigenvalue weighted by Crippen LogP contribution is -2.26. The molecule has 1 fully saturated rings. The lowest BCUT2D eigenvalue weighted by atomic mass is 10.1. The Bertz CT molecular complexity index is 1400. The summed E-state index contributed by atoms with van der Waals surface area (Å²) in [6, 6.07) is 23.7. The van der Waals surface area contributed by atoms with Crippen molar-refractivity contribution in [2.45, 2.75) is 25.4 Å². The molecule has 0 aliphatic carbocycles. The van der Waals surface area contributed by atoms with Crippen LogP contribution in [0.1, 0.15) is 27.9 Å². The fraction of sp³-hybridized carbons (Fsp3) is 0.233. The SMILES string of the molecule is COC(=O)Cc1ccc(NC(=O)c2cccc(CN3CCC(Nc4cccc5cnccc45)C3)c2)cc1. The third-order valence-electron chi connectivity index (χ3n) is 6.70. The molecule has 1 saturated heterocycles. The topological polar surface area (TPSA) is 83.6 Å². The van der Waals surface area contributed by atoms with E-state index in [1.807, 2.05) is 42.7 Å². The van der Waals surface area contributed by atoms with E-state index in [1.165, 1.54) is 12.5 Å². The largest absolute Gasteiger partial charge is 0.469 e. The Morgan fingerprint density at radius 3 is 2.70 bits per heavy atom. The molecule has 1 amide bonds. The van der Waals surface area contributed by atoms with Crippen LogP contribution in [0.2, 0.25) is 0 Å². The van der Waals surface area contributed by atoms with Gasteiger partial charge in [-0.25, -0.2) is 0 Å². The number of likely N-dealkylation sites (tertiary alicyclic amines) is 1. The lowest BCUT2D eigenvalue weighted by Gasteiger charge is -2.18. The Hall–Kier alpha value is -4.23. The predicted molar refractivity (Wildman–Crippen MR) is 146 cm³/mol. The Morgan fingerprint density at radius 2 is 1.86 bits per heavy atom. The molecule has 3 aromatic carbocycles. The van der Waals surface area contributed by atoms with Gasteiger partial charge in [-0.3, -0.25) is 19.5 Å². The number of rotatable bonds is 8. The van der Waals surface area contributed by atoms with Gasteiger partial charge in [0.2, 0.25) is 0 Å². The van der Waals surface area contributed by atoms with Gasteiger partial charge >= 0.3 is 5.97 Å². The van der Waals surface area contributed by atoms with Gasteiger partial charge in [0.05, 0.1) is 13.5 Å². The molecular formula is C30H30N4O3. The molecule has 0 radical (unpaired) electrons. The second kappa shape index (κ2) is 11.2. The maximum Gasteiger partial charge on any atom is 0.309 e. The molecule has 7 nitrogen and oxygen atoms in total. The second-order valence-corrected chi connectivity index (χ2v) is 9.37. The Kier molecular flexibility index (Phi) is 7.42. The molecule has 37 heavy (non-hydrogen) atoms. The number of hydrogen-bond acceptors (Lipinski definition) is 6. The van der Waals surface area contributed by atoms with E-state index in [4.69, 9.17) is 4.74 Å².